The molecule has 24 heavy (non-hydrogen) atoms. The van der Waals surface area contributed by atoms with Crippen LogP contribution < -0.4 is 15.8 Å². The van der Waals surface area contributed by atoms with E-state index in [1.807, 2.05) is 37.3 Å². The molecule has 0 bridgehead atoms. The lowest BCUT2D eigenvalue weighted by Crippen LogP contribution is -2.30. The van der Waals surface area contributed by atoms with Crippen molar-refractivity contribution in [3.63, 3.8) is 0 Å². The van der Waals surface area contributed by atoms with Gasteiger partial charge in [0.05, 0.1) is 0 Å². The molecule has 0 fully saturated rings. The Hall–Kier alpha value is -1.55. The van der Waals surface area contributed by atoms with Crippen LogP contribution in [0.4, 0.5) is 0 Å². The summed E-state index contributed by atoms with van der Waals surface area (Å²) in [4.78, 5) is 0. The fourth-order valence-corrected chi connectivity index (χ4v) is 2.78. The number of benzene rings is 2. The minimum absolute atomic E-state index is 0.0444. The Kier molecular flexibility index (Phi) is 7.57. The third kappa shape index (κ3) is 6.52. The molecule has 0 saturated heterocycles. The fraction of sp³-hybridized carbons (Fsp3) is 0.400. The van der Waals surface area contributed by atoms with Gasteiger partial charge in [-0.25, -0.2) is 0 Å². The van der Waals surface area contributed by atoms with Crippen molar-refractivity contribution in [3.05, 3.63) is 64.7 Å². The van der Waals surface area contributed by atoms with Gasteiger partial charge in [-0.3, -0.25) is 0 Å². The van der Waals surface area contributed by atoms with Gasteiger partial charge >= 0.3 is 0 Å². The van der Waals surface area contributed by atoms with E-state index in [1.54, 1.807) is 0 Å². The number of halogens is 1. The summed E-state index contributed by atoms with van der Waals surface area (Å²) in [5.41, 5.74) is 8.13. The van der Waals surface area contributed by atoms with Crippen molar-refractivity contribution in [3.8, 4) is 5.75 Å². The van der Waals surface area contributed by atoms with Crippen LogP contribution in [0.15, 0.2) is 48.5 Å². The molecule has 0 aliphatic heterocycles. The van der Waals surface area contributed by atoms with Gasteiger partial charge in [0.1, 0.15) is 11.9 Å². The van der Waals surface area contributed by atoms with Gasteiger partial charge in [0.2, 0.25) is 0 Å². The molecule has 0 spiro atoms. The number of ether oxygens (including phenoxy) is 1. The Labute approximate surface area is 150 Å². The second-order valence-electron chi connectivity index (χ2n) is 6.25. The van der Waals surface area contributed by atoms with Crippen LogP contribution in [0.5, 0.6) is 5.75 Å². The lowest BCUT2D eigenvalue weighted by Gasteiger charge is -2.15. The average Bonchev–Trinajstić information content (AvgIpc) is 2.56. The SMILES string of the molecule is CC(Cc1ccc(OC(C)CN)cc1)NCCc1cccc(Cl)c1. The highest BCUT2D eigenvalue weighted by atomic mass is 35.5. The molecule has 0 aliphatic carbocycles. The summed E-state index contributed by atoms with van der Waals surface area (Å²) in [6.07, 6.45) is 2.01. The van der Waals surface area contributed by atoms with Crippen molar-refractivity contribution in [2.75, 3.05) is 13.1 Å². The molecular weight excluding hydrogens is 320 g/mol. The maximum Gasteiger partial charge on any atom is 0.119 e. The minimum Gasteiger partial charge on any atom is -0.489 e. The van der Waals surface area contributed by atoms with Gasteiger partial charge in [-0.15, -0.1) is 0 Å². The first-order valence-corrected chi connectivity index (χ1v) is 8.88. The smallest absolute Gasteiger partial charge is 0.119 e. The molecule has 2 unspecified atom stereocenters. The van der Waals surface area contributed by atoms with E-state index in [2.05, 4.69) is 30.4 Å². The van der Waals surface area contributed by atoms with Gasteiger partial charge in [0.25, 0.3) is 0 Å². The Balaban J connectivity index is 1.74. The highest BCUT2D eigenvalue weighted by Crippen LogP contribution is 2.15. The second-order valence-corrected chi connectivity index (χ2v) is 6.68. The van der Waals surface area contributed by atoms with E-state index in [9.17, 15) is 0 Å². The minimum atomic E-state index is 0.0444. The molecule has 2 aromatic rings. The summed E-state index contributed by atoms with van der Waals surface area (Å²) in [6, 6.07) is 16.7. The zero-order valence-electron chi connectivity index (χ0n) is 14.5. The summed E-state index contributed by atoms with van der Waals surface area (Å²) < 4.78 is 5.70. The van der Waals surface area contributed by atoms with Crippen LogP contribution in [-0.2, 0) is 12.8 Å². The maximum atomic E-state index is 6.01. The number of nitrogens with two attached hydrogens (primary N) is 1. The first-order valence-electron chi connectivity index (χ1n) is 8.50. The molecule has 2 rings (SSSR count). The molecule has 0 heterocycles. The van der Waals surface area contributed by atoms with Crippen molar-refractivity contribution in [1.29, 1.82) is 0 Å². The molecule has 3 N–H and O–H groups in total. The predicted octanol–water partition coefficient (Wildman–Crippen LogP) is 3.83. The van der Waals surface area contributed by atoms with Gasteiger partial charge in [0.15, 0.2) is 0 Å². The van der Waals surface area contributed by atoms with Gasteiger partial charge in [-0.05, 0) is 68.6 Å². The summed E-state index contributed by atoms with van der Waals surface area (Å²) in [6.45, 7) is 5.64. The van der Waals surface area contributed by atoms with Gasteiger partial charge in [-0.1, -0.05) is 35.9 Å². The predicted molar refractivity (Wildman–Crippen MR) is 102 cm³/mol. The lowest BCUT2D eigenvalue weighted by molar-refractivity contribution is 0.230. The van der Waals surface area contributed by atoms with E-state index in [-0.39, 0.29) is 6.10 Å². The summed E-state index contributed by atoms with van der Waals surface area (Å²) >= 11 is 6.01. The zero-order chi connectivity index (χ0) is 17.4. The van der Waals surface area contributed by atoms with Crippen molar-refractivity contribution >= 4 is 11.6 Å². The molecule has 0 aromatic heterocycles. The average molecular weight is 347 g/mol. The van der Waals surface area contributed by atoms with E-state index in [4.69, 9.17) is 22.1 Å². The van der Waals surface area contributed by atoms with E-state index < -0.39 is 0 Å². The van der Waals surface area contributed by atoms with Crippen LogP contribution in [0, 0.1) is 0 Å². The largest absolute Gasteiger partial charge is 0.489 e. The van der Waals surface area contributed by atoms with Crippen LogP contribution >= 0.6 is 11.6 Å². The van der Waals surface area contributed by atoms with E-state index >= 15 is 0 Å². The number of hydrogen-bond acceptors (Lipinski definition) is 3. The summed E-state index contributed by atoms with van der Waals surface area (Å²) in [7, 11) is 0. The molecule has 2 atom stereocenters. The molecule has 4 heteroatoms. The highest BCUT2D eigenvalue weighted by Gasteiger charge is 2.05. The second kappa shape index (κ2) is 9.67. The summed E-state index contributed by atoms with van der Waals surface area (Å²) in [5.74, 6) is 0.873. The quantitative estimate of drug-likeness (QED) is 0.725. The normalized spacial score (nSPS) is 13.5. The first-order chi connectivity index (χ1) is 11.6. The van der Waals surface area contributed by atoms with Crippen LogP contribution in [0.2, 0.25) is 5.02 Å². The number of rotatable bonds is 9. The zero-order valence-corrected chi connectivity index (χ0v) is 15.2. The van der Waals surface area contributed by atoms with E-state index in [0.29, 0.717) is 12.6 Å². The van der Waals surface area contributed by atoms with Gasteiger partial charge in [-0.2, -0.15) is 0 Å². The molecular formula is C20H27ClN2O. The fourth-order valence-electron chi connectivity index (χ4n) is 2.57. The molecule has 0 amide bonds. The molecule has 130 valence electrons. The standard InChI is InChI=1S/C20H27ClN2O/c1-15(23-11-10-17-4-3-5-19(21)13-17)12-18-6-8-20(9-7-18)24-16(2)14-22/h3-9,13,15-16,23H,10-12,14,22H2,1-2H3. The topological polar surface area (TPSA) is 47.3 Å². The Morgan fingerprint density at radius 2 is 1.83 bits per heavy atom. The van der Waals surface area contributed by atoms with Gasteiger partial charge in [0, 0.05) is 17.6 Å². The Morgan fingerprint density at radius 3 is 2.50 bits per heavy atom. The van der Waals surface area contributed by atoms with E-state index in [1.165, 1.54) is 11.1 Å². The molecule has 0 radical (unpaired) electrons. The number of hydrogen-bond donors (Lipinski definition) is 2. The van der Waals surface area contributed by atoms with Crippen LogP contribution in [-0.4, -0.2) is 25.2 Å². The van der Waals surface area contributed by atoms with E-state index in [0.717, 1.165) is 30.2 Å². The van der Waals surface area contributed by atoms with Crippen LogP contribution in [0.25, 0.3) is 0 Å². The van der Waals surface area contributed by atoms with Crippen molar-refractivity contribution in [2.45, 2.75) is 38.8 Å². The third-order valence-electron chi connectivity index (χ3n) is 3.93. The van der Waals surface area contributed by atoms with Crippen molar-refractivity contribution < 1.29 is 4.74 Å². The Bertz CT molecular complexity index is 615. The summed E-state index contributed by atoms with van der Waals surface area (Å²) in [5, 5.41) is 4.36. The van der Waals surface area contributed by atoms with Gasteiger partial charge < -0.3 is 15.8 Å². The first kappa shape index (κ1) is 18.8. The molecule has 0 aliphatic rings. The number of nitrogens with one attached hydrogen (secondary N) is 1. The molecule has 0 saturated carbocycles. The monoisotopic (exact) mass is 346 g/mol. The third-order valence-corrected chi connectivity index (χ3v) is 4.17. The maximum absolute atomic E-state index is 6.01. The van der Waals surface area contributed by atoms with Crippen LogP contribution in [0.3, 0.4) is 0 Å². The van der Waals surface area contributed by atoms with Crippen molar-refractivity contribution in [1.82, 2.24) is 5.32 Å². The highest BCUT2D eigenvalue weighted by molar-refractivity contribution is 6.30. The van der Waals surface area contributed by atoms with Crippen molar-refractivity contribution in [2.24, 2.45) is 5.73 Å². The van der Waals surface area contributed by atoms with Crippen LogP contribution in [0.1, 0.15) is 25.0 Å². The molecule has 3 nitrogen and oxygen atoms in total. The molecule has 2 aromatic carbocycles. The lowest BCUT2D eigenvalue weighted by atomic mass is 10.1. The Morgan fingerprint density at radius 1 is 1.08 bits per heavy atom.